The van der Waals surface area contributed by atoms with Crippen molar-refractivity contribution in [1.82, 2.24) is 10.2 Å². The van der Waals surface area contributed by atoms with Gasteiger partial charge in [0, 0.05) is 11.6 Å². The summed E-state index contributed by atoms with van der Waals surface area (Å²) in [6.45, 7) is 2.85. The molecule has 4 nitrogen and oxygen atoms in total. The number of imide groups is 1. The van der Waals surface area contributed by atoms with E-state index in [0.717, 1.165) is 24.9 Å². The van der Waals surface area contributed by atoms with Crippen LogP contribution in [0, 0.1) is 6.92 Å². The maximum atomic E-state index is 12.7. The summed E-state index contributed by atoms with van der Waals surface area (Å²) in [5.41, 5.74) is 2.37. The summed E-state index contributed by atoms with van der Waals surface area (Å²) >= 11 is 0. The Morgan fingerprint density at radius 3 is 2.67 bits per heavy atom. The van der Waals surface area contributed by atoms with Crippen LogP contribution in [0.5, 0.6) is 0 Å². The molecule has 1 aromatic carbocycles. The molecule has 0 aromatic heterocycles. The van der Waals surface area contributed by atoms with Gasteiger partial charge in [0.2, 0.25) is 0 Å². The minimum absolute atomic E-state index is 0.0549. The van der Waals surface area contributed by atoms with Crippen molar-refractivity contribution in [2.24, 2.45) is 0 Å². The molecule has 4 heteroatoms. The van der Waals surface area contributed by atoms with Crippen LogP contribution in [0.4, 0.5) is 0 Å². The highest BCUT2D eigenvalue weighted by Gasteiger charge is 2.47. The lowest BCUT2D eigenvalue weighted by molar-refractivity contribution is 0.0405. The van der Waals surface area contributed by atoms with Crippen molar-refractivity contribution in [3.63, 3.8) is 0 Å². The summed E-state index contributed by atoms with van der Waals surface area (Å²) in [4.78, 5) is 26.8. The van der Waals surface area contributed by atoms with Crippen LogP contribution in [0.15, 0.2) is 18.2 Å². The van der Waals surface area contributed by atoms with Crippen LogP contribution in [0.25, 0.3) is 0 Å². The molecule has 4 rings (SSSR count). The number of piperidine rings is 1. The number of benzene rings is 1. The van der Waals surface area contributed by atoms with Gasteiger partial charge in [-0.2, -0.15) is 0 Å². The Balaban J connectivity index is 1.64. The van der Waals surface area contributed by atoms with Crippen LogP contribution in [0.3, 0.4) is 0 Å². The van der Waals surface area contributed by atoms with Crippen molar-refractivity contribution in [3.8, 4) is 0 Å². The molecule has 1 saturated carbocycles. The standard InChI is InChI=1S/C17H20N2O2/c1-11-3-4-13-14(9-11)16(21)19(15(13)20)12-5-8-18-17(10-12)6-2-7-17/h3-4,9,12,18H,2,5-8,10H2,1H3. The molecule has 2 amide bonds. The third kappa shape index (κ3) is 1.85. The van der Waals surface area contributed by atoms with Crippen molar-refractivity contribution in [1.29, 1.82) is 0 Å². The summed E-state index contributed by atoms with van der Waals surface area (Å²) in [5.74, 6) is -0.198. The van der Waals surface area contributed by atoms with E-state index < -0.39 is 0 Å². The number of fused-ring (bicyclic) bond motifs is 1. The highest BCUT2D eigenvalue weighted by molar-refractivity contribution is 6.21. The predicted octanol–water partition coefficient (Wildman–Crippen LogP) is 2.27. The quantitative estimate of drug-likeness (QED) is 0.805. The predicted molar refractivity (Wildman–Crippen MR) is 79.3 cm³/mol. The van der Waals surface area contributed by atoms with Crippen LogP contribution >= 0.6 is 0 Å². The van der Waals surface area contributed by atoms with E-state index in [2.05, 4.69) is 5.32 Å². The minimum atomic E-state index is -0.101. The number of hydrogen-bond donors (Lipinski definition) is 1. The number of hydrogen-bond acceptors (Lipinski definition) is 3. The highest BCUT2D eigenvalue weighted by Crippen LogP contribution is 2.41. The van der Waals surface area contributed by atoms with Gasteiger partial charge >= 0.3 is 0 Å². The second-order valence-electron chi connectivity index (χ2n) is 6.74. The molecule has 1 saturated heterocycles. The second kappa shape index (κ2) is 4.41. The van der Waals surface area contributed by atoms with Gasteiger partial charge in [-0.05, 0) is 57.7 Å². The molecule has 0 bridgehead atoms. The SMILES string of the molecule is Cc1ccc2c(c1)C(=O)N(C1CCNC3(CCC3)C1)C2=O. The zero-order valence-corrected chi connectivity index (χ0v) is 12.3. The smallest absolute Gasteiger partial charge is 0.261 e. The number of carbonyl (C=O) groups excluding carboxylic acids is 2. The summed E-state index contributed by atoms with van der Waals surface area (Å²) in [5, 5.41) is 3.60. The van der Waals surface area contributed by atoms with Gasteiger partial charge in [-0.15, -0.1) is 0 Å². The first-order valence-electron chi connectivity index (χ1n) is 7.83. The maximum absolute atomic E-state index is 12.7. The Labute approximate surface area is 124 Å². The molecule has 2 heterocycles. The number of aryl methyl sites for hydroxylation is 1. The Morgan fingerprint density at radius 2 is 1.95 bits per heavy atom. The van der Waals surface area contributed by atoms with Crippen molar-refractivity contribution in [3.05, 3.63) is 34.9 Å². The van der Waals surface area contributed by atoms with Gasteiger partial charge in [0.05, 0.1) is 11.1 Å². The highest BCUT2D eigenvalue weighted by atomic mass is 16.2. The number of nitrogens with one attached hydrogen (secondary N) is 1. The second-order valence-corrected chi connectivity index (χ2v) is 6.74. The summed E-state index contributed by atoms with van der Waals surface area (Å²) in [6, 6.07) is 5.60. The minimum Gasteiger partial charge on any atom is -0.311 e. The van der Waals surface area contributed by atoms with Gasteiger partial charge in [0.15, 0.2) is 0 Å². The third-order valence-corrected chi connectivity index (χ3v) is 5.35. The van der Waals surface area contributed by atoms with E-state index in [1.54, 1.807) is 6.07 Å². The molecule has 1 atom stereocenters. The van der Waals surface area contributed by atoms with Crippen LogP contribution in [-0.4, -0.2) is 34.8 Å². The van der Waals surface area contributed by atoms with Gasteiger partial charge < -0.3 is 5.32 Å². The maximum Gasteiger partial charge on any atom is 0.261 e. The Hall–Kier alpha value is -1.68. The van der Waals surface area contributed by atoms with Gasteiger partial charge in [0.1, 0.15) is 0 Å². The van der Waals surface area contributed by atoms with E-state index in [-0.39, 0.29) is 23.4 Å². The average Bonchev–Trinajstić information content (AvgIpc) is 2.69. The third-order valence-electron chi connectivity index (χ3n) is 5.35. The normalized spacial score (nSPS) is 26.9. The molecule has 21 heavy (non-hydrogen) atoms. The van der Waals surface area contributed by atoms with E-state index in [1.165, 1.54) is 24.2 Å². The van der Waals surface area contributed by atoms with Gasteiger partial charge in [-0.1, -0.05) is 11.6 Å². The first kappa shape index (κ1) is 13.0. The zero-order valence-electron chi connectivity index (χ0n) is 12.3. The van der Waals surface area contributed by atoms with E-state index in [1.807, 2.05) is 19.1 Å². The van der Waals surface area contributed by atoms with Crippen molar-refractivity contribution in [2.75, 3.05) is 6.54 Å². The summed E-state index contributed by atoms with van der Waals surface area (Å²) in [7, 11) is 0. The Morgan fingerprint density at radius 1 is 1.19 bits per heavy atom. The van der Waals surface area contributed by atoms with Crippen LogP contribution in [0.1, 0.15) is 58.4 Å². The Kier molecular flexibility index (Phi) is 2.73. The Bertz CT molecular complexity index is 634. The lowest BCUT2D eigenvalue weighted by atomic mass is 9.70. The van der Waals surface area contributed by atoms with E-state index in [9.17, 15) is 9.59 Å². The van der Waals surface area contributed by atoms with Gasteiger partial charge in [0.25, 0.3) is 11.8 Å². The number of amides is 2. The van der Waals surface area contributed by atoms with Crippen molar-refractivity contribution in [2.45, 2.75) is 50.6 Å². The molecule has 0 radical (unpaired) electrons. The largest absolute Gasteiger partial charge is 0.311 e. The van der Waals surface area contributed by atoms with Crippen LogP contribution < -0.4 is 5.32 Å². The fourth-order valence-corrected chi connectivity index (χ4v) is 4.04. The van der Waals surface area contributed by atoms with Crippen molar-refractivity contribution < 1.29 is 9.59 Å². The lowest BCUT2D eigenvalue weighted by Crippen LogP contribution is -2.60. The molecule has 1 aliphatic carbocycles. The van der Waals surface area contributed by atoms with Gasteiger partial charge in [-0.25, -0.2) is 0 Å². The molecule has 1 spiro atoms. The summed E-state index contributed by atoms with van der Waals surface area (Å²) in [6.07, 6.45) is 5.38. The molecule has 1 aromatic rings. The van der Waals surface area contributed by atoms with Crippen LogP contribution in [0.2, 0.25) is 0 Å². The first-order valence-corrected chi connectivity index (χ1v) is 7.83. The van der Waals surface area contributed by atoms with E-state index >= 15 is 0 Å². The zero-order chi connectivity index (χ0) is 14.6. The molecule has 2 aliphatic heterocycles. The number of rotatable bonds is 1. The monoisotopic (exact) mass is 284 g/mol. The lowest BCUT2D eigenvalue weighted by Gasteiger charge is -2.49. The average molecular weight is 284 g/mol. The van der Waals surface area contributed by atoms with Crippen molar-refractivity contribution >= 4 is 11.8 Å². The molecular formula is C17H20N2O2. The fourth-order valence-electron chi connectivity index (χ4n) is 4.04. The first-order chi connectivity index (χ1) is 10.1. The molecule has 3 aliphatic rings. The molecule has 2 fully saturated rings. The van der Waals surface area contributed by atoms with Gasteiger partial charge in [-0.3, -0.25) is 14.5 Å². The fraction of sp³-hybridized carbons (Fsp3) is 0.529. The molecule has 1 unspecified atom stereocenters. The van der Waals surface area contributed by atoms with E-state index in [0.29, 0.717) is 11.1 Å². The van der Waals surface area contributed by atoms with E-state index in [4.69, 9.17) is 0 Å². The summed E-state index contributed by atoms with van der Waals surface area (Å²) < 4.78 is 0. The number of nitrogens with zero attached hydrogens (tertiary/aromatic N) is 1. The molecule has 110 valence electrons. The molecule has 1 N–H and O–H groups in total. The molecular weight excluding hydrogens is 264 g/mol. The number of carbonyl (C=O) groups is 2. The topological polar surface area (TPSA) is 49.4 Å². The van der Waals surface area contributed by atoms with Crippen LogP contribution in [-0.2, 0) is 0 Å².